The smallest absolute Gasteiger partial charge is 0.127 e. The van der Waals surface area contributed by atoms with Gasteiger partial charge in [-0.2, -0.15) is 0 Å². The van der Waals surface area contributed by atoms with Gasteiger partial charge < -0.3 is 14.8 Å². The molecule has 3 heteroatoms. The molecule has 1 aliphatic carbocycles. The summed E-state index contributed by atoms with van der Waals surface area (Å²) in [7, 11) is 3.37. The molecule has 0 aromatic heterocycles. The summed E-state index contributed by atoms with van der Waals surface area (Å²) in [6, 6.07) is 5.97. The highest BCUT2D eigenvalue weighted by Crippen LogP contribution is 2.24. The van der Waals surface area contributed by atoms with Crippen molar-refractivity contribution >= 4 is 0 Å². The van der Waals surface area contributed by atoms with Crippen LogP contribution in [0.15, 0.2) is 30.4 Å². The van der Waals surface area contributed by atoms with Crippen LogP contribution in [0.2, 0.25) is 0 Å². The molecule has 1 N–H and O–H groups in total. The summed E-state index contributed by atoms with van der Waals surface area (Å²) in [4.78, 5) is 0. The summed E-state index contributed by atoms with van der Waals surface area (Å²) < 4.78 is 10.6. The van der Waals surface area contributed by atoms with Crippen molar-refractivity contribution in [2.45, 2.75) is 25.8 Å². The Morgan fingerprint density at radius 3 is 2.79 bits per heavy atom. The molecule has 1 unspecified atom stereocenters. The molecule has 0 heterocycles. The number of ether oxygens (including phenoxy) is 2. The van der Waals surface area contributed by atoms with Crippen LogP contribution in [0.1, 0.15) is 24.8 Å². The summed E-state index contributed by atoms with van der Waals surface area (Å²) in [5, 5.41) is 3.53. The van der Waals surface area contributed by atoms with Gasteiger partial charge >= 0.3 is 0 Å². The standard InChI is InChI=1S/C16H23NO2/c1-18-15-9-8-14(16(10-15)19-2)12-17-11-13-6-4-3-5-7-13/h3-4,8-10,13,17H,5-7,11-12H2,1-2H3. The van der Waals surface area contributed by atoms with Crippen LogP contribution in [0, 0.1) is 5.92 Å². The molecule has 0 radical (unpaired) electrons. The van der Waals surface area contributed by atoms with Crippen LogP contribution in [-0.4, -0.2) is 20.8 Å². The fourth-order valence-electron chi connectivity index (χ4n) is 2.45. The van der Waals surface area contributed by atoms with Gasteiger partial charge in [0, 0.05) is 18.2 Å². The first-order valence-corrected chi connectivity index (χ1v) is 6.90. The molecule has 0 spiro atoms. The average molecular weight is 261 g/mol. The van der Waals surface area contributed by atoms with Gasteiger partial charge in [0.2, 0.25) is 0 Å². The van der Waals surface area contributed by atoms with Crippen LogP contribution in [-0.2, 0) is 6.54 Å². The molecular weight excluding hydrogens is 238 g/mol. The van der Waals surface area contributed by atoms with Crippen LogP contribution in [0.4, 0.5) is 0 Å². The summed E-state index contributed by atoms with van der Waals surface area (Å²) in [6.07, 6.45) is 8.29. The minimum absolute atomic E-state index is 0.772. The third kappa shape index (κ3) is 4.00. The third-order valence-corrected chi connectivity index (χ3v) is 3.62. The number of benzene rings is 1. The maximum Gasteiger partial charge on any atom is 0.127 e. The fourth-order valence-corrected chi connectivity index (χ4v) is 2.45. The zero-order valence-corrected chi connectivity index (χ0v) is 11.8. The van der Waals surface area contributed by atoms with Crippen LogP contribution in [0.25, 0.3) is 0 Å². The van der Waals surface area contributed by atoms with E-state index in [0.717, 1.165) is 30.5 Å². The molecule has 1 aliphatic rings. The molecule has 0 aliphatic heterocycles. The molecule has 19 heavy (non-hydrogen) atoms. The van der Waals surface area contributed by atoms with Crippen molar-refractivity contribution in [3.8, 4) is 11.5 Å². The van der Waals surface area contributed by atoms with Gasteiger partial charge in [-0.05, 0) is 37.8 Å². The van der Waals surface area contributed by atoms with E-state index in [2.05, 4.69) is 23.5 Å². The lowest BCUT2D eigenvalue weighted by atomic mass is 9.94. The van der Waals surface area contributed by atoms with Crippen LogP contribution < -0.4 is 14.8 Å². The Morgan fingerprint density at radius 1 is 1.21 bits per heavy atom. The Balaban J connectivity index is 1.86. The van der Waals surface area contributed by atoms with Gasteiger partial charge in [0.15, 0.2) is 0 Å². The van der Waals surface area contributed by atoms with Gasteiger partial charge in [-0.15, -0.1) is 0 Å². The molecule has 0 amide bonds. The average Bonchev–Trinajstić information content (AvgIpc) is 2.48. The molecule has 1 aromatic rings. The first-order valence-electron chi connectivity index (χ1n) is 6.90. The van der Waals surface area contributed by atoms with E-state index >= 15 is 0 Å². The van der Waals surface area contributed by atoms with E-state index in [9.17, 15) is 0 Å². The Bertz CT molecular complexity index is 429. The second-order valence-corrected chi connectivity index (χ2v) is 4.96. The first kappa shape index (κ1) is 13.9. The largest absolute Gasteiger partial charge is 0.497 e. The fraction of sp³-hybridized carbons (Fsp3) is 0.500. The van der Waals surface area contributed by atoms with Crippen LogP contribution in [0.5, 0.6) is 11.5 Å². The molecule has 2 rings (SSSR count). The third-order valence-electron chi connectivity index (χ3n) is 3.62. The summed E-state index contributed by atoms with van der Waals surface area (Å²) in [5.74, 6) is 2.49. The molecule has 0 saturated heterocycles. The SMILES string of the molecule is COc1ccc(CNCC2CC=CCC2)c(OC)c1. The Hall–Kier alpha value is -1.48. The van der Waals surface area contributed by atoms with Crippen molar-refractivity contribution in [3.05, 3.63) is 35.9 Å². The number of allylic oxidation sites excluding steroid dienone is 2. The highest BCUT2D eigenvalue weighted by molar-refractivity contribution is 5.40. The maximum atomic E-state index is 5.40. The Labute approximate surface area is 115 Å². The zero-order chi connectivity index (χ0) is 13.5. The highest BCUT2D eigenvalue weighted by Gasteiger charge is 2.10. The number of hydrogen-bond acceptors (Lipinski definition) is 3. The van der Waals surface area contributed by atoms with E-state index in [0.29, 0.717) is 0 Å². The molecule has 104 valence electrons. The summed E-state index contributed by atoms with van der Waals surface area (Å²) in [6.45, 7) is 1.91. The van der Waals surface area contributed by atoms with Gasteiger partial charge in [-0.1, -0.05) is 18.2 Å². The Morgan fingerprint density at radius 2 is 2.11 bits per heavy atom. The topological polar surface area (TPSA) is 30.5 Å². The quantitative estimate of drug-likeness (QED) is 0.798. The lowest BCUT2D eigenvalue weighted by Crippen LogP contribution is -2.23. The van der Waals surface area contributed by atoms with E-state index in [1.165, 1.54) is 24.8 Å². The number of rotatable bonds is 6. The predicted molar refractivity (Wildman–Crippen MR) is 77.7 cm³/mol. The second kappa shape index (κ2) is 7.19. The normalized spacial score (nSPS) is 18.3. The van der Waals surface area contributed by atoms with Crippen molar-refractivity contribution < 1.29 is 9.47 Å². The van der Waals surface area contributed by atoms with Crippen LogP contribution in [0.3, 0.4) is 0 Å². The van der Waals surface area contributed by atoms with Crippen molar-refractivity contribution in [3.63, 3.8) is 0 Å². The van der Waals surface area contributed by atoms with E-state index in [4.69, 9.17) is 9.47 Å². The van der Waals surface area contributed by atoms with Gasteiger partial charge in [0.25, 0.3) is 0 Å². The van der Waals surface area contributed by atoms with E-state index in [1.54, 1.807) is 14.2 Å². The molecule has 0 fully saturated rings. The van der Waals surface area contributed by atoms with Crippen molar-refractivity contribution in [1.29, 1.82) is 0 Å². The van der Waals surface area contributed by atoms with E-state index in [-0.39, 0.29) is 0 Å². The summed E-state index contributed by atoms with van der Waals surface area (Å²) >= 11 is 0. The number of methoxy groups -OCH3 is 2. The lowest BCUT2D eigenvalue weighted by molar-refractivity contribution is 0.387. The molecule has 0 saturated carbocycles. The zero-order valence-electron chi connectivity index (χ0n) is 11.8. The highest BCUT2D eigenvalue weighted by atomic mass is 16.5. The summed E-state index contributed by atoms with van der Waals surface area (Å²) in [5.41, 5.74) is 1.18. The number of nitrogens with one attached hydrogen (secondary N) is 1. The monoisotopic (exact) mass is 261 g/mol. The minimum Gasteiger partial charge on any atom is -0.497 e. The minimum atomic E-state index is 0.772. The van der Waals surface area contributed by atoms with Crippen molar-refractivity contribution in [2.75, 3.05) is 20.8 Å². The van der Waals surface area contributed by atoms with Gasteiger partial charge in [0.05, 0.1) is 14.2 Å². The van der Waals surface area contributed by atoms with Crippen molar-refractivity contribution in [1.82, 2.24) is 5.32 Å². The number of hydrogen-bond donors (Lipinski definition) is 1. The van der Waals surface area contributed by atoms with E-state index in [1.807, 2.05) is 12.1 Å². The van der Waals surface area contributed by atoms with Crippen molar-refractivity contribution in [2.24, 2.45) is 5.92 Å². The van der Waals surface area contributed by atoms with Gasteiger partial charge in [-0.25, -0.2) is 0 Å². The molecular formula is C16H23NO2. The van der Waals surface area contributed by atoms with Gasteiger partial charge in [-0.3, -0.25) is 0 Å². The molecule has 0 bridgehead atoms. The maximum absolute atomic E-state index is 5.40. The molecule has 3 nitrogen and oxygen atoms in total. The van der Waals surface area contributed by atoms with E-state index < -0.39 is 0 Å². The second-order valence-electron chi connectivity index (χ2n) is 4.96. The molecule has 1 atom stereocenters. The van der Waals surface area contributed by atoms with Crippen LogP contribution >= 0.6 is 0 Å². The van der Waals surface area contributed by atoms with Gasteiger partial charge in [0.1, 0.15) is 11.5 Å². The lowest BCUT2D eigenvalue weighted by Gasteiger charge is -2.18. The first-order chi connectivity index (χ1) is 9.33. The molecule has 1 aromatic carbocycles. The predicted octanol–water partition coefficient (Wildman–Crippen LogP) is 3.15. The Kier molecular flexibility index (Phi) is 5.28.